The molecule has 0 unspecified atom stereocenters. The van der Waals surface area contributed by atoms with Crippen molar-refractivity contribution in [3.05, 3.63) is 29.3 Å². The van der Waals surface area contributed by atoms with Gasteiger partial charge >= 0.3 is 0 Å². The van der Waals surface area contributed by atoms with Gasteiger partial charge in [0.25, 0.3) is 5.91 Å². The van der Waals surface area contributed by atoms with E-state index in [4.69, 9.17) is 14.2 Å². The largest absolute Gasteiger partial charge is 0.490 e. The number of carbonyl (C=O) groups is 2. The molecule has 1 fully saturated rings. The number of nitriles is 1. The molecule has 8 heteroatoms. The molecule has 0 aromatic heterocycles. The Morgan fingerprint density at radius 2 is 1.94 bits per heavy atom. The molecular formula is C23H31N3O5. The Balaban J connectivity index is 1.94. The number of rotatable bonds is 1. The summed E-state index contributed by atoms with van der Waals surface area (Å²) < 4.78 is 17.9. The fourth-order valence-electron chi connectivity index (χ4n) is 4.23. The average molecular weight is 430 g/mol. The Kier molecular flexibility index (Phi) is 7.52. The second-order valence-electron chi connectivity index (χ2n) is 8.42. The molecule has 2 bridgehead atoms. The summed E-state index contributed by atoms with van der Waals surface area (Å²) in [5, 5.41) is 9.29. The molecule has 0 radical (unpaired) electrons. The maximum absolute atomic E-state index is 13.2. The third-order valence-corrected chi connectivity index (χ3v) is 6.08. The van der Waals surface area contributed by atoms with E-state index < -0.39 is 0 Å². The smallest absolute Gasteiger partial charge is 0.257 e. The van der Waals surface area contributed by atoms with E-state index in [1.807, 2.05) is 6.92 Å². The summed E-state index contributed by atoms with van der Waals surface area (Å²) in [4.78, 5) is 29.2. The second kappa shape index (κ2) is 10.1. The standard InChI is InChI=1S/C23H31N3O5/c1-15-13-26(3)23(28)18-11-16(12-24)5-7-19(18)30-14-21-20(29-4)8-6-17(31-21)9-10-25(2)22(15)27/h5,7,11,15,17,20-21H,6,8-10,13-14H2,1-4H3/t15-,17+,20+,21+/m0/s1. The number of hydrogen-bond acceptors (Lipinski definition) is 6. The quantitative estimate of drug-likeness (QED) is 0.679. The lowest BCUT2D eigenvalue weighted by Crippen LogP contribution is -2.44. The highest BCUT2D eigenvalue weighted by molar-refractivity contribution is 5.97. The molecule has 0 N–H and O–H groups in total. The lowest BCUT2D eigenvalue weighted by molar-refractivity contribution is -0.146. The topological polar surface area (TPSA) is 92.1 Å². The molecule has 0 saturated carbocycles. The first-order valence-corrected chi connectivity index (χ1v) is 10.7. The van der Waals surface area contributed by atoms with Crippen molar-refractivity contribution in [1.82, 2.24) is 9.80 Å². The Hall–Kier alpha value is -2.63. The number of benzene rings is 1. The van der Waals surface area contributed by atoms with Gasteiger partial charge < -0.3 is 24.0 Å². The highest BCUT2D eigenvalue weighted by atomic mass is 16.6. The fraction of sp³-hybridized carbons (Fsp3) is 0.609. The van der Waals surface area contributed by atoms with Crippen molar-refractivity contribution < 1.29 is 23.8 Å². The molecule has 0 spiro atoms. The molecule has 2 aliphatic rings. The first kappa shape index (κ1) is 23.0. The van der Waals surface area contributed by atoms with Gasteiger partial charge in [0.1, 0.15) is 18.5 Å². The summed E-state index contributed by atoms with van der Waals surface area (Å²) in [6.45, 7) is 2.91. The minimum Gasteiger partial charge on any atom is -0.490 e. The summed E-state index contributed by atoms with van der Waals surface area (Å²) in [6.07, 6.45) is 2.05. The maximum atomic E-state index is 13.2. The second-order valence-corrected chi connectivity index (χ2v) is 8.42. The molecule has 1 aromatic carbocycles. The van der Waals surface area contributed by atoms with E-state index in [1.165, 1.54) is 11.0 Å². The minimum absolute atomic E-state index is 0.0143. The number of methoxy groups -OCH3 is 1. The molecule has 2 amide bonds. The Morgan fingerprint density at radius 3 is 2.65 bits per heavy atom. The molecule has 8 nitrogen and oxygen atoms in total. The molecule has 0 aliphatic carbocycles. The van der Waals surface area contributed by atoms with Crippen molar-refractivity contribution in [1.29, 1.82) is 5.26 Å². The van der Waals surface area contributed by atoms with Crippen LogP contribution in [0.4, 0.5) is 0 Å². The molecule has 2 heterocycles. The van der Waals surface area contributed by atoms with E-state index >= 15 is 0 Å². The number of carbonyl (C=O) groups excluding carboxylic acids is 2. The van der Waals surface area contributed by atoms with E-state index in [0.29, 0.717) is 23.4 Å². The molecule has 168 valence electrons. The van der Waals surface area contributed by atoms with Crippen LogP contribution in [0.25, 0.3) is 0 Å². The van der Waals surface area contributed by atoms with E-state index in [1.54, 1.807) is 38.2 Å². The van der Waals surface area contributed by atoms with Gasteiger partial charge in [0.15, 0.2) is 0 Å². The van der Waals surface area contributed by atoms with Crippen molar-refractivity contribution >= 4 is 11.8 Å². The third-order valence-electron chi connectivity index (χ3n) is 6.08. The van der Waals surface area contributed by atoms with Crippen LogP contribution in [0.1, 0.15) is 42.1 Å². The van der Waals surface area contributed by atoms with Crippen LogP contribution in [-0.2, 0) is 14.3 Å². The van der Waals surface area contributed by atoms with Crippen LogP contribution in [0.3, 0.4) is 0 Å². The zero-order valence-electron chi connectivity index (χ0n) is 18.7. The van der Waals surface area contributed by atoms with E-state index in [-0.39, 0.29) is 49.2 Å². The molecule has 31 heavy (non-hydrogen) atoms. The predicted octanol–water partition coefficient (Wildman–Crippen LogP) is 2.07. The van der Waals surface area contributed by atoms with Gasteiger partial charge in [-0.2, -0.15) is 5.26 Å². The normalized spacial score (nSPS) is 28.1. The third kappa shape index (κ3) is 5.35. The van der Waals surface area contributed by atoms with Gasteiger partial charge in [-0.1, -0.05) is 6.92 Å². The highest BCUT2D eigenvalue weighted by Gasteiger charge is 2.33. The first-order valence-electron chi connectivity index (χ1n) is 10.7. The Bertz CT molecular complexity index is 852. The lowest BCUT2D eigenvalue weighted by Gasteiger charge is -2.36. The average Bonchev–Trinajstić information content (AvgIpc) is 2.79. The maximum Gasteiger partial charge on any atom is 0.257 e. The predicted molar refractivity (Wildman–Crippen MR) is 114 cm³/mol. The van der Waals surface area contributed by atoms with Crippen LogP contribution in [-0.4, -0.2) is 80.8 Å². The van der Waals surface area contributed by atoms with Gasteiger partial charge in [0.2, 0.25) is 5.91 Å². The summed E-state index contributed by atoms with van der Waals surface area (Å²) in [7, 11) is 5.10. The van der Waals surface area contributed by atoms with Gasteiger partial charge in [0.05, 0.1) is 35.3 Å². The summed E-state index contributed by atoms with van der Waals surface area (Å²) in [6, 6.07) is 6.86. The number of ether oxygens (including phenoxy) is 3. The van der Waals surface area contributed by atoms with Crippen LogP contribution >= 0.6 is 0 Å². The Labute approximate surface area is 183 Å². The summed E-state index contributed by atoms with van der Waals surface area (Å²) in [5.41, 5.74) is 0.667. The van der Waals surface area contributed by atoms with Gasteiger partial charge in [-0.15, -0.1) is 0 Å². The van der Waals surface area contributed by atoms with Crippen molar-refractivity contribution in [3.63, 3.8) is 0 Å². The van der Waals surface area contributed by atoms with Crippen molar-refractivity contribution in [2.24, 2.45) is 5.92 Å². The Morgan fingerprint density at radius 1 is 1.16 bits per heavy atom. The monoisotopic (exact) mass is 429 g/mol. The molecular weight excluding hydrogens is 398 g/mol. The van der Waals surface area contributed by atoms with Crippen molar-refractivity contribution in [2.75, 3.05) is 40.9 Å². The SMILES string of the molecule is CO[C@@H]1CC[C@@H]2CCN(C)C(=O)[C@@H](C)CN(C)C(=O)c3cc(C#N)ccc3OC[C@H]1O2. The summed E-state index contributed by atoms with van der Waals surface area (Å²) >= 11 is 0. The molecule has 1 aromatic rings. The molecule has 2 aliphatic heterocycles. The molecule has 4 atom stereocenters. The zero-order valence-corrected chi connectivity index (χ0v) is 18.7. The lowest BCUT2D eigenvalue weighted by atomic mass is 9.99. The number of amides is 2. The van der Waals surface area contributed by atoms with Gasteiger partial charge in [-0.25, -0.2) is 0 Å². The van der Waals surface area contributed by atoms with Crippen molar-refractivity contribution in [2.45, 2.75) is 44.5 Å². The minimum atomic E-state index is -0.356. The number of fused-ring (bicyclic) bond motifs is 3. The number of hydrogen-bond donors (Lipinski definition) is 0. The van der Waals surface area contributed by atoms with Crippen LogP contribution < -0.4 is 4.74 Å². The molecule has 3 rings (SSSR count). The highest BCUT2D eigenvalue weighted by Crippen LogP contribution is 2.27. The summed E-state index contributed by atoms with van der Waals surface area (Å²) in [5.74, 6) is -0.276. The van der Waals surface area contributed by atoms with E-state index in [2.05, 4.69) is 6.07 Å². The first-order chi connectivity index (χ1) is 14.8. The van der Waals surface area contributed by atoms with Crippen LogP contribution in [0, 0.1) is 17.2 Å². The number of nitrogens with zero attached hydrogens (tertiary/aromatic N) is 3. The van der Waals surface area contributed by atoms with Gasteiger partial charge in [-0.05, 0) is 37.5 Å². The van der Waals surface area contributed by atoms with Crippen LogP contribution in [0.2, 0.25) is 0 Å². The van der Waals surface area contributed by atoms with Crippen LogP contribution in [0.15, 0.2) is 18.2 Å². The fourth-order valence-corrected chi connectivity index (χ4v) is 4.23. The van der Waals surface area contributed by atoms with E-state index in [0.717, 1.165) is 19.3 Å². The van der Waals surface area contributed by atoms with Gasteiger partial charge in [0, 0.05) is 34.3 Å². The molecule has 1 saturated heterocycles. The van der Waals surface area contributed by atoms with Crippen molar-refractivity contribution in [3.8, 4) is 11.8 Å². The van der Waals surface area contributed by atoms with E-state index in [9.17, 15) is 14.9 Å². The van der Waals surface area contributed by atoms with Gasteiger partial charge in [-0.3, -0.25) is 9.59 Å². The zero-order chi connectivity index (χ0) is 22.5. The van der Waals surface area contributed by atoms with Crippen LogP contribution in [0.5, 0.6) is 5.75 Å².